The van der Waals surface area contributed by atoms with E-state index in [1.807, 2.05) is 0 Å². The average Bonchev–Trinajstić information content (AvgIpc) is 2.63. The lowest BCUT2D eigenvalue weighted by Gasteiger charge is -2.18. The van der Waals surface area contributed by atoms with Crippen LogP contribution in [0.5, 0.6) is 0 Å². The van der Waals surface area contributed by atoms with E-state index >= 15 is 0 Å². The third-order valence-corrected chi connectivity index (χ3v) is 5.00. The summed E-state index contributed by atoms with van der Waals surface area (Å²) < 4.78 is 22.9. The van der Waals surface area contributed by atoms with Crippen molar-refractivity contribution in [3.8, 4) is 0 Å². The van der Waals surface area contributed by atoms with Crippen molar-refractivity contribution in [1.82, 2.24) is 10.6 Å². The van der Waals surface area contributed by atoms with Gasteiger partial charge in [-0.15, -0.1) is 0 Å². The van der Waals surface area contributed by atoms with E-state index in [0.717, 1.165) is 11.8 Å². The van der Waals surface area contributed by atoms with Gasteiger partial charge in [-0.1, -0.05) is 41.9 Å². The van der Waals surface area contributed by atoms with Crippen LogP contribution in [0.3, 0.4) is 0 Å². The molecule has 2 aromatic carbocycles. The Morgan fingerprint density at radius 3 is 2.41 bits per heavy atom. The van der Waals surface area contributed by atoms with Gasteiger partial charge in [-0.25, -0.2) is 8.42 Å². The Labute approximate surface area is 163 Å². The molecular formula is C19H21ClN2O4S. The number of benzene rings is 2. The fourth-order valence-corrected chi connectivity index (χ4v) is 3.27. The van der Waals surface area contributed by atoms with Crippen molar-refractivity contribution in [2.45, 2.75) is 19.0 Å². The van der Waals surface area contributed by atoms with Crippen molar-refractivity contribution < 1.29 is 18.0 Å². The van der Waals surface area contributed by atoms with Gasteiger partial charge in [0.1, 0.15) is 15.9 Å². The molecule has 0 aromatic heterocycles. The first-order valence-electron chi connectivity index (χ1n) is 8.30. The minimum Gasteiger partial charge on any atom is -0.350 e. The van der Waals surface area contributed by atoms with E-state index in [1.165, 1.54) is 0 Å². The number of carbonyl (C=O) groups excluding carboxylic acids is 2. The summed E-state index contributed by atoms with van der Waals surface area (Å²) in [5.41, 5.74) is 1.19. The zero-order chi connectivity index (χ0) is 19.9. The molecule has 1 atom stereocenters. The summed E-state index contributed by atoms with van der Waals surface area (Å²) in [6.07, 6.45) is 1.08. The molecular weight excluding hydrogens is 388 g/mol. The number of nitrogens with one attached hydrogen (secondary N) is 2. The molecule has 8 heteroatoms. The Morgan fingerprint density at radius 2 is 1.78 bits per heavy atom. The summed E-state index contributed by atoms with van der Waals surface area (Å²) in [5, 5.41) is 5.87. The first kappa shape index (κ1) is 20.9. The number of hydrogen-bond donors (Lipinski definition) is 2. The van der Waals surface area contributed by atoms with Gasteiger partial charge in [-0.2, -0.15) is 0 Å². The Hall–Kier alpha value is -2.38. The fraction of sp³-hybridized carbons (Fsp3) is 0.263. The standard InChI is InChI=1S/C19H21ClN2O4S/c1-27(25,26)11-10-17(22-18(23)15-7-3-2-4-8-15)19(24)21-13-14-6-5-9-16(20)12-14/h2-9,12,17H,10-11,13H2,1H3,(H,21,24)(H,22,23)/t17-/m0/s1. The highest BCUT2D eigenvalue weighted by atomic mass is 35.5. The molecule has 2 rings (SSSR count). The third-order valence-electron chi connectivity index (χ3n) is 3.79. The molecule has 27 heavy (non-hydrogen) atoms. The van der Waals surface area contributed by atoms with Crippen LogP contribution in [0.15, 0.2) is 54.6 Å². The van der Waals surface area contributed by atoms with E-state index in [-0.39, 0.29) is 18.7 Å². The Bertz CT molecular complexity index is 901. The lowest BCUT2D eigenvalue weighted by Crippen LogP contribution is -2.47. The van der Waals surface area contributed by atoms with Crippen molar-refractivity contribution in [1.29, 1.82) is 0 Å². The predicted molar refractivity (Wildman–Crippen MR) is 105 cm³/mol. The minimum absolute atomic E-state index is 0.0151. The smallest absolute Gasteiger partial charge is 0.251 e. The maximum atomic E-state index is 12.5. The third kappa shape index (κ3) is 7.40. The van der Waals surface area contributed by atoms with Gasteiger partial charge in [-0.3, -0.25) is 9.59 Å². The van der Waals surface area contributed by atoms with Crippen LogP contribution >= 0.6 is 11.6 Å². The number of carbonyl (C=O) groups is 2. The molecule has 0 radical (unpaired) electrons. The van der Waals surface area contributed by atoms with Crippen LogP contribution in [-0.4, -0.2) is 38.3 Å². The fourth-order valence-electron chi connectivity index (χ4n) is 2.39. The Balaban J connectivity index is 2.05. The van der Waals surface area contributed by atoms with Crippen LogP contribution in [-0.2, 0) is 21.2 Å². The van der Waals surface area contributed by atoms with Crippen molar-refractivity contribution in [2.75, 3.05) is 12.0 Å². The van der Waals surface area contributed by atoms with Crippen LogP contribution in [0.4, 0.5) is 0 Å². The second-order valence-electron chi connectivity index (χ2n) is 6.16. The van der Waals surface area contributed by atoms with Crippen LogP contribution in [0.1, 0.15) is 22.3 Å². The molecule has 144 valence electrons. The molecule has 2 N–H and O–H groups in total. The molecule has 0 aliphatic carbocycles. The monoisotopic (exact) mass is 408 g/mol. The molecule has 2 amide bonds. The normalized spacial score (nSPS) is 12.2. The Kier molecular flexibility index (Phi) is 7.38. The molecule has 0 heterocycles. The average molecular weight is 409 g/mol. The van der Waals surface area contributed by atoms with E-state index in [4.69, 9.17) is 11.6 Å². The van der Waals surface area contributed by atoms with Crippen LogP contribution in [0.25, 0.3) is 0 Å². The molecule has 0 unspecified atom stereocenters. The van der Waals surface area contributed by atoms with E-state index in [9.17, 15) is 18.0 Å². The maximum absolute atomic E-state index is 12.5. The van der Waals surface area contributed by atoms with Gasteiger partial charge in [0.2, 0.25) is 5.91 Å². The molecule has 0 aliphatic heterocycles. The minimum atomic E-state index is -3.27. The zero-order valence-electron chi connectivity index (χ0n) is 14.8. The van der Waals surface area contributed by atoms with Crippen LogP contribution < -0.4 is 10.6 Å². The summed E-state index contributed by atoms with van der Waals surface area (Å²) in [7, 11) is -3.27. The molecule has 0 fully saturated rings. The highest BCUT2D eigenvalue weighted by Gasteiger charge is 2.22. The van der Waals surface area contributed by atoms with Gasteiger partial charge in [0.05, 0.1) is 5.75 Å². The van der Waals surface area contributed by atoms with E-state index in [2.05, 4.69) is 10.6 Å². The SMILES string of the molecule is CS(=O)(=O)CC[C@H](NC(=O)c1ccccc1)C(=O)NCc1cccc(Cl)c1. The number of rotatable bonds is 8. The molecule has 0 spiro atoms. The number of amides is 2. The number of halogens is 1. The van der Waals surface area contributed by atoms with Crippen molar-refractivity contribution in [3.05, 3.63) is 70.7 Å². The highest BCUT2D eigenvalue weighted by Crippen LogP contribution is 2.10. The van der Waals surface area contributed by atoms with Crippen LogP contribution in [0, 0.1) is 0 Å². The van der Waals surface area contributed by atoms with E-state index in [1.54, 1.807) is 54.6 Å². The first-order valence-corrected chi connectivity index (χ1v) is 10.7. The lowest BCUT2D eigenvalue weighted by atomic mass is 10.1. The summed E-state index contributed by atoms with van der Waals surface area (Å²) >= 11 is 5.92. The first-order chi connectivity index (χ1) is 12.7. The summed E-state index contributed by atoms with van der Waals surface area (Å²) in [6, 6.07) is 14.5. The quantitative estimate of drug-likeness (QED) is 0.700. The largest absolute Gasteiger partial charge is 0.350 e. The molecule has 2 aromatic rings. The van der Waals surface area contributed by atoms with Crippen molar-refractivity contribution in [3.63, 3.8) is 0 Å². The van der Waals surface area contributed by atoms with Gasteiger partial charge in [-0.05, 0) is 36.2 Å². The molecule has 0 saturated carbocycles. The van der Waals surface area contributed by atoms with Crippen molar-refractivity contribution in [2.24, 2.45) is 0 Å². The second kappa shape index (κ2) is 9.53. The highest BCUT2D eigenvalue weighted by molar-refractivity contribution is 7.90. The van der Waals surface area contributed by atoms with Crippen molar-refractivity contribution >= 4 is 33.3 Å². The molecule has 0 aliphatic rings. The van der Waals surface area contributed by atoms with E-state index < -0.39 is 27.7 Å². The zero-order valence-corrected chi connectivity index (χ0v) is 16.4. The summed E-state index contributed by atoms with van der Waals surface area (Å²) in [6.45, 7) is 0.218. The number of hydrogen-bond acceptors (Lipinski definition) is 4. The van der Waals surface area contributed by atoms with Gasteiger partial charge >= 0.3 is 0 Å². The summed E-state index contributed by atoms with van der Waals surface area (Å²) in [4.78, 5) is 24.9. The predicted octanol–water partition coefficient (Wildman–Crippen LogP) is 2.19. The molecule has 0 saturated heterocycles. The van der Waals surface area contributed by atoms with Gasteiger partial charge in [0.15, 0.2) is 0 Å². The van der Waals surface area contributed by atoms with Crippen LogP contribution in [0.2, 0.25) is 5.02 Å². The lowest BCUT2D eigenvalue weighted by molar-refractivity contribution is -0.123. The molecule has 0 bridgehead atoms. The van der Waals surface area contributed by atoms with Gasteiger partial charge in [0, 0.05) is 23.4 Å². The molecule has 6 nitrogen and oxygen atoms in total. The number of sulfone groups is 1. The topological polar surface area (TPSA) is 92.3 Å². The second-order valence-corrected chi connectivity index (χ2v) is 8.85. The summed E-state index contributed by atoms with van der Waals surface area (Å²) in [5.74, 6) is -1.10. The van der Waals surface area contributed by atoms with E-state index in [0.29, 0.717) is 10.6 Å². The maximum Gasteiger partial charge on any atom is 0.251 e. The van der Waals surface area contributed by atoms with Gasteiger partial charge < -0.3 is 10.6 Å². The van der Waals surface area contributed by atoms with Gasteiger partial charge in [0.25, 0.3) is 5.91 Å². The Morgan fingerprint density at radius 1 is 1.07 bits per heavy atom.